The maximum Gasteiger partial charge on any atom is 0.134 e. The molecule has 0 radical (unpaired) electrons. The van der Waals surface area contributed by atoms with Crippen molar-refractivity contribution >= 4 is 0 Å². The standard InChI is InChI=1S/C18H18O3/c1-13-14(2)20-12-16-8-4-6-10-18(16)21-17-9-5-3-7-15(17)11-19-13/h3-10H,11-12H2,1-2H3. The zero-order valence-electron chi connectivity index (χ0n) is 12.3. The van der Waals surface area contributed by atoms with Gasteiger partial charge in [0, 0.05) is 11.1 Å². The number of hydrogen-bond acceptors (Lipinski definition) is 3. The van der Waals surface area contributed by atoms with E-state index in [-0.39, 0.29) is 0 Å². The third kappa shape index (κ3) is 3.02. The summed E-state index contributed by atoms with van der Waals surface area (Å²) in [6.07, 6.45) is 0. The van der Waals surface area contributed by atoms with E-state index in [1.54, 1.807) is 0 Å². The molecule has 0 saturated carbocycles. The van der Waals surface area contributed by atoms with E-state index in [0.717, 1.165) is 34.1 Å². The lowest BCUT2D eigenvalue weighted by atomic mass is 10.2. The summed E-state index contributed by atoms with van der Waals surface area (Å²) < 4.78 is 17.6. The highest BCUT2D eigenvalue weighted by atomic mass is 16.5. The van der Waals surface area contributed by atoms with Gasteiger partial charge < -0.3 is 14.2 Å². The van der Waals surface area contributed by atoms with Crippen LogP contribution in [-0.2, 0) is 22.7 Å². The van der Waals surface area contributed by atoms with Crippen LogP contribution in [-0.4, -0.2) is 0 Å². The Kier molecular flexibility index (Phi) is 3.82. The van der Waals surface area contributed by atoms with Crippen molar-refractivity contribution in [3.05, 3.63) is 71.2 Å². The molecule has 3 rings (SSSR count). The number of ether oxygens (including phenoxy) is 3. The lowest BCUT2D eigenvalue weighted by Gasteiger charge is -2.13. The zero-order valence-corrected chi connectivity index (χ0v) is 12.3. The van der Waals surface area contributed by atoms with E-state index in [1.807, 2.05) is 62.4 Å². The third-order valence-corrected chi connectivity index (χ3v) is 3.55. The molecule has 0 atom stereocenters. The Morgan fingerprint density at radius 2 is 1.10 bits per heavy atom. The van der Waals surface area contributed by atoms with Crippen LogP contribution in [0.1, 0.15) is 25.0 Å². The summed E-state index contributed by atoms with van der Waals surface area (Å²) in [7, 11) is 0. The second kappa shape index (κ2) is 5.92. The summed E-state index contributed by atoms with van der Waals surface area (Å²) in [5.74, 6) is 3.22. The highest BCUT2D eigenvalue weighted by Gasteiger charge is 2.12. The van der Waals surface area contributed by atoms with Crippen LogP contribution < -0.4 is 4.74 Å². The maximum atomic E-state index is 6.07. The first-order valence-corrected chi connectivity index (χ1v) is 7.01. The van der Waals surface area contributed by atoms with Gasteiger partial charge in [-0.05, 0) is 26.0 Å². The second-order valence-corrected chi connectivity index (χ2v) is 5.01. The van der Waals surface area contributed by atoms with Gasteiger partial charge in [0.25, 0.3) is 0 Å². The molecule has 0 spiro atoms. The van der Waals surface area contributed by atoms with Crippen molar-refractivity contribution in [2.24, 2.45) is 0 Å². The van der Waals surface area contributed by atoms with Crippen LogP contribution in [0.25, 0.3) is 0 Å². The Balaban J connectivity index is 2.05. The zero-order chi connectivity index (χ0) is 14.7. The van der Waals surface area contributed by atoms with E-state index in [9.17, 15) is 0 Å². The molecular formula is C18H18O3. The van der Waals surface area contributed by atoms with Crippen LogP contribution in [0.2, 0.25) is 0 Å². The molecule has 0 aliphatic carbocycles. The normalized spacial score (nSPS) is 14.8. The van der Waals surface area contributed by atoms with Crippen molar-refractivity contribution in [1.29, 1.82) is 0 Å². The van der Waals surface area contributed by atoms with Crippen molar-refractivity contribution in [3.63, 3.8) is 0 Å². The Morgan fingerprint density at radius 3 is 1.57 bits per heavy atom. The predicted octanol–water partition coefficient (Wildman–Crippen LogP) is 4.78. The van der Waals surface area contributed by atoms with Gasteiger partial charge in [-0.3, -0.25) is 0 Å². The molecule has 2 aromatic rings. The van der Waals surface area contributed by atoms with E-state index in [0.29, 0.717) is 13.2 Å². The molecular weight excluding hydrogens is 264 g/mol. The number of hydrogen-bond donors (Lipinski definition) is 0. The molecule has 108 valence electrons. The largest absolute Gasteiger partial charge is 0.490 e. The molecule has 21 heavy (non-hydrogen) atoms. The molecule has 0 bridgehead atoms. The maximum absolute atomic E-state index is 6.07. The molecule has 2 aromatic carbocycles. The number of para-hydroxylation sites is 2. The molecule has 0 fully saturated rings. The molecule has 1 aliphatic heterocycles. The van der Waals surface area contributed by atoms with Gasteiger partial charge in [0.1, 0.15) is 36.2 Å². The summed E-state index contributed by atoms with van der Waals surface area (Å²) in [5, 5.41) is 0. The predicted molar refractivity (Wildman–Crippen MR) is 80.9 cm³/mol. The van der Waals surface area contributed by atoms with E-state index in [4.69, 9.17) is 14.2 Å². The Morgan fingerprint density at radius 1 is 0.667 bits per heavy atom. The molecule has 3 nitrogen and oxygen atoms in total. The number of benzene rings is 2. The summed E-state index contributed by atoms with van der Waals surface area (Å²) >= 11 is 0. The quantitative estimate of drug-likeness (QED) is 0.696. The minimum Gasteiger partial charge on any atom is -0.490 e. The lowest BCUT2D eigenvalue weighted by Crippen LogP contribution is -1.97. The van der Waals surface area contributed by atoms with Gasteiger partial charge in [-0.15, -0.1) is 0 Å². The monoisotopic (exact) mass is 282 g/mol. The van der Waals surface area contributed by atoms with Crippen molar-refractivity contribution in [2.45, 2.75) is 27.1 Å². The molecule has 0 amide bonds. The Hall–Kier alpha value is -2.42. The molecule has 0 aromatic heterocycles. The highest BCUT2D eigenvalue weighted by Crippen LogP contribution is 2.30. The van der Waals surface area contributed by atoms with Crippen molar-refractivity contribution in [1.82, 2.24) is 0 Å². The lowest BCUT2D eigenvalue weighted by molar-refractivity contribution is 0.142. The molecule has 1 aliphatic rings. The first kappa shape index (κ1) is 13.6. The second-order valence-electron chi connectivity index (χ2n) is 5.01. The summed E-state index contributed by atoms with van der Waals surface area (Å²) in [4.78, 5) is 0. The fourth-order valence-corrected chi connectivity index (χ4v) is 2.14. The van der Waals surface area contributed by atoms with Crippen LogP contribution in [0.5, 0.6) is 11.5 Å². The van der Waals surface area contributed by atoms with Crippen molar-refractivity contribution < 1.29 is 14.2 Å². The van der Waals surface area contributed by atoms with E-state index >= 15 is 0 Å². The first-order chi connectivity index (χ1) is 10.2. The van der Waals surface area contributed by atoms with Crippen LogP contribution >= 0.6 is 0 Å². The fourth-order valence-electron chi connectivity index (χ4n) is 2.14. The van der Waals surface area contributed by atoms with Crippen LogP contribution in [0.3, 0.4) is 0 Å². The molecule has 1 heterocycles. The van der Waals surface area contributed by atoms with Crippen molar-refractivity contribution in [2.75, 3.05) is 0 Å². The topological polar surface area (TPSA) is 27.7 Å². The minimum absolute atomic E-state index is 0.463. The van der Waals surface area contributed by atoms with Crippen LogP contribution in [0.4, 0.5) is 0 Å². The first-order valence-electron chi connectivity index (χ1n) is 7.01. The average molecular weight is 282 g/mol. The SMILES string of the molecule is CC1=C(C)OCc2ccccc2Oc2ccccc2CO1. The van der Waals surface area contributed by atoms with Gasteiger partial charge in [-0.2, -0.15) is 0 Å². The van der Waals surface area contributed by atoms with Crippen molar-refractivity contribution in [3.8, 4) is 11.5 Å². The van der Waals surface area contributed by atoms with E-state index in [1.165, 1.54) is 0 Å². The highest BCUT2D eigenvalue weighted by molar-refractivity contribution is 5.41. The molecule has 0 unspecified atom stereocenters. The van der Waals surface area contributed by atoms with Gasteiger partial charge >= 0.3 is 0 Å². The Bertz CT molecular complexity index is 616. The fraction of sp³-hybridized carbons (Fsp3) is 0.222. The van der Waals surface area contributed by atoms with Gasteiger partial charge in [0.2, 0.25) is 0 Å². The molecule has 0 saturated heterocycles. The van der Waals surface area contributed by atoms with Crippen LogP contribution in [0, 0.1) is 0 Å². The van der Waals surface area contributed by atoms with Crippen LogP contribution in [0.15, 0.2) is 60.0 Å². The Labute approximate surface area is 124 Å². The summed E-state index contributed by atoms with van der Waals surface area (Å²) in [5.41, 5.74) is 2.03. The molecule has 3 heteroatoms. The number of fused-ring (bicyclic) bond motifs is 2. The van der Waals surface area contributed by atoms with Gasteiger partial charge in [-0.25, -0.2) is 0 Å². The van der Waals surface area contributed by atoms with Gasteiger partial charge in [-0.1, -0.05) is 36.4 Å². The number of allylic oxidation sites excluding steroid dienone is 2. The van der Waals surface area contributed by atoms with E-state index < -0.39 is 0 Å². The average Bonchev–Trinajstić information content (AvgIpc) is 2.54. The summed E-state index contributed by atoms with van der Waals surface area (Å²) in [6, 6.07) is 15.8. The number of rotatable bonds is 0. The van der Waals surface area contributed by atoms with Gasteiger partial charge in [0.15, 0.2) is 0 Å². The summed E-state index contributed by atoms with van der Waals surface area (Å²) in [6.45, 7) is 4.76. The minimum atomic E-state index is 0.463. The molecule has 0 N–H and O–H groups in total. The van der Waals surface area contributed by atoms with Gasteiger partial charge in [0.05, 0.1) is 0 Å². The smallest absolute Gasteiger partial charge is 0.134 e. The van der Waals surface area contributed by atoms with E-state index in [2.05, 4.69) is 0 Å². The third-order valence-electron chi connectivity index (χ3n) is 3.55.